The summed E-state index contributed by atoms with van der Waals surface area (Å²) in [5, 5.41) is 0. The number of benzene rings is 1. The van der Waals surface area contributed by atoms with Gasteiger partial charge in [0.15, 0.2) is 0 Å². The van der Waals surface area contributed by atoms with Gasteiger partial charge in [0.25, 0.3) is 0 Å². The molecule has 1 atom stereocenters. The van der Waals surface area contributed by atoms with Crippen molar-refractivity contribution in [1.29, 1.82) is 0 Å². The number of hydrogen-bond acceptors (Lipinski definition) is 5. The maximum absolute atomic E-state index is 11.7. The highest BCUT2D eigenvalue weighted by Gasteiger charge is 2.21. The van der Waals surface area contributed by atoms with E-state index in [2.05, 4.69) is 66.4 Å². The average Bonchev–Trinajstić information content (AvgIpc) is 2.59. The molecule has 0 radical (unpaired) electrons. The molecule has 6 heteroatoms. The topological polar surface area (TPSA) is 49.6 Å². The van der Waals surface area contributed by atoms with Gasteiger partial charge in [-0.15, -0.1) is 0 Å². The van der Waals surface area contributed by atoms with Crippen LogP contribution < -0.4 is 5.73 Å². The first-order valence-corrected chi connectivity index (χ1v) is 10.3. The van der Waals surface area contributed by atoms with Crippen molar-refractivity contribution in [2.45, 2.75) is 38.3 Å². The molecule has 25 heavy (non-hydrogen) atoms. The van der Waals surface area contributed by atoms with Crippen molar-refractivity contribution in [2.75, 3.05) is 38.2 Å². The lowest BCUT2D eigenvalue weighted by Gasteiger charge is -2.29. The van der Waals surface area contributed by atoms with Crippen LogP contribution >= 0.6 is 25.3 Å². The Hall–Kier alpha value is -0.690. The van der Waals surface area contributed by atoms with E-state index in [4.69, 9.17) is 5.73 Å². The number of thiol groups is 2. The number of hydrogen-bond donors (Lipinski definition) is 3. The fraction of sp³-hybridized carbons (Fsp3) is 0.632. The van der Waals surface area contributed by atoms with Gasteiger partial charge in [-0.3, -0.25) is 9.69 Å². The second-order valence-corrected chi connectivity index (χ2v) is 7.37. The fourth-order valence-electron chi connectivity index (χ4n) is 3.03. The van der Waals surface area contributed by atoms with Gasteiger partial charge in [-0.05, 0) is 50.7 Å². The third-order valence-corrected chi connectivity index (χ3v) is 4.80. The molecule has 0 heterocycles. The quantitative estimate of drug-likeness (QED) is 0.342. The van der Waals surface area contributed by atoms with E-state index < -0.39 is 0 Å². The molecule has 0 aliphatic rings. The van der Waals surface area contributed by atoms with Crippen LogP contribution in [0.15, 0.2) is 30.3 Å². The van der Waals surface area contributed by atoms with Crippen LogP contribution in [0.3, 0.4) is 0 Å². The van der Waals surface area contributed by atoms with Gasteiger partial charge < -0.3 is 10.6 Å². The lowest BCUT2D eigenvalue weighted by Crippen LogP contribution is -2.46. The standard InChI is InChI=1S/C19H33N3OS2/c1-21(16-17-8-4-2-5-9-17)11-6-3-7-12-22(13-15-25)18(10-14-24)19(20)23/h2,4-5,8-9,18,24-25H,3,6-7,10-16H2,1H3,(H2,20,23). The molecule has 0 aromatic heterocycles. The van der Waals surface area contributed by atoms with Gasteiger partial charge in [0.1, 0.15) is 0 Å². The van der Waals surface area contributed by atoms with Crippen molar-refractivity contribution in [2.24, 2.45) is 5.73 Å². The van der Waals surface area contributed by atoms with Crippen LogP contribution in [0.4, 0.5) is 0 Å². The summed E-state index contributed by atoms with van der Waals surface area (Å²) in [5.74, 6) is 1.15. The zero-order valence-corrected chi connectivity index (χ0v) is 17.1. The summed E-state index contributed by atoms with van der Waals surface area (Å²) >= 11 is 8.56. The molecular formula is C19H33N3OS2. The number of amides is 1. The summed E-state index contributed by atoms with van der Waals surface area (Å²) in [4.78, 5) is 16.2. The second-order valence-electron chi connectivity index (χ2n) is 6.47. The van der Waals surface area contributed by atoms with Gasteiger partial charge >= 0.3 is 0 Å². The van der Waals surface area contributed by atoms with Crippen LogP contribution in [-0.2, 0) is 11.3 Å². The lowest BCUT2D eigenvalue weighted by atomic mass is 10.1. The molecule has 0 fully saturated rings. The summed E-state index contributed by atoms with van der Waals surface area (Å²) in [6, 6.07) is 10.3. The molecule has 4 nitrogen and oxygen atoms in total. The number of unbranched alkanes of at least 4 members (excludes halogenated alkanes) is 2. The molecule has 0 spiro atoms. The smallest absolute Gasteiger partial charge is 0.234 e. The molecule has 1 aromatic rings. The van der Waals surface area contributed by atoms with E-state index in [1.807, 2.05) is 6.07 Å². The molecule has 1 amide bonds. The molecule has 1 rings (SSSR count). The molecule has 2 N–H and O–H groups in total. The predicted molar refractivity (Wildman–Crippen MR) is 114 cm³/mol. The Labute approximate surface area is 164 Å². The molecular weight excluding hydrogens is 350 g/mol. The molecule has 0 aliphatic heterocycles. The van der Waals surface area contributed by atoms with Crippen LogP contribution in [0, 0.1) is 0 Å². The maximum atomic E-state index is 11.7. The van der Waals surface area contributed by atoms with Crippen molar-refractivity contribution in [3.8, 4) is 0 Å². The summed E-state index contributed by atoms with van der Waals surface area (Å²) in [6.07, 6.45) is 4.08. The number of carbonyl (C=O) groups excluding carboxylic acids is 1. The maximum Gasteiger partial charge on any atom is 0.234 e. The predicted octanol–water partition coefficient (Wildman–Crippen LogP) is 2.69. The summed E-state index contributed by atoms with van der Waals surface area (Å²) in [6.45, 7) is 3.75. The van der Waals surface area contributed by atoms with E-state index in [1.165, 1.54) is 5.56 Å². The van der Waals surface area contributed by atoms with Crippen LogP contribution in [0.25, 0.3) is 0 Å². The lowest BCUT2D eigenvalue weighted by molar-refractivity contribution is -0.123. The number of rotatable bonds is 14. The van der Waals surface area contributed by atoms with Crippen molar-refractivity contribution >= 4 is 31.2 Å². The molecule has 1 aromatic carbocycles. The zero-order valence-electron chi connectivity index (χ0n) is 15.3. The molecule has 0 aliphatic carbocycles. The van der Waals surface area contributed by atoms with E-state index in [0.29, 0.717) is 12.2 Å². The van der Waals surface area contributed by atoms with Gasteiger partial charge in [0.2, 0.25) is 5.91 Å². The Morgan fingerprint density at radius 1 is 1.04 bits per heavy atom. The first kappa shape index (κ1) is 22.4. The minimum Gasteiger partial charge on any atom is -0.368 e. The van der Waals surface area contributed by atoms with Gasteiger partial charge in [-0.2, -0.15) is 25.3 Å². The molecule has 1 unspecified atom stereocenters. The zero-order chi connectivity index (χ0) is 18.5. The number of primary amides is 1. The fourth-order valence-corrected chi connectivity index (χ4v) is 3.53. The minimum absolute atomic E-state index is 0.217. The third-order valence-electron chi connectivity index (χ3n) is 4.34. The monoisotopic (exact) mass is 383 g/mol. The minimum atomic E-state index is -0.251. The van der Waals surface area contributed by atoms with E-state index in [1.54, 1.807) is 0 Å². The van der Waals surface area contributed by atoms with Gasteiger partial charge in [0.05, 0.1) is 6.04 Å². The van der Waals surface area contributed by atoms with Crippen molar-refractivity contribution in [3.05, 3.63) is 35.9 Å². The molecule has 142 valence electrons. The Kier molecular flexibility index (Phi) is 12.1. The molecule has 0 saturated carbocycles. The summed E-state index contributed by atoms with van der Waals surface area (Å²) in [5.41, 5.74) is 6.90. The Morgan fingerprint density at radius 2 is 1.72 bits per heavy atom. The Morgan fingerprint density at radius 3 is 2.32 bits per heavy atom. The van der Waals surface area contributed by atoms with Crippen molar-refractivity contribution in [1.82, 2.24) is 9.80 Å². The van der Waals surface area contributed by atoms with E-state index in [-0.39, 0.29) is 11.9 Å². The highest BCUT2D eigenvalue weighted by atomic mass is 32.1. The highest BCUT2D eigenvalue weighted by molar-refractivity contribution is 7.80. The van der Waals surface area contributed by atoms with Crippen LogP contribution in [0.2, 0.25) is 0 Å². The number of nitrogens with zero attached hydrogens (tertiary/aromatic N) is 2. The van der Waals surface area contributed by atoms with Gasteiger partial charge in [-0.25, -0.2) is 0 Å². The largest absolute Gasteiger partial charge is 0.368 e. The van der Waals surface area contributed by atoms with Crippen LogP contribution in [0.1, 0.15) is 31.2 Å². The number of nitrogens with two attached hydrogens (primary N) is 1. The van der Waals surface area contributed by atoms with Crippen LogP contribution in [-0.4, -0.2) is 59.9 Å². The summed E-state index contributed by atoms with van der Waals surface area (Å²) < 4.78 is 0. The Bertz CT molecular complexity index is 473. The highest BCUT2D eigenvalue weighted by Crippen LogP contribution is 2.10. The Balaban J connectivity index is 2.27. The first-order chi connectivity index (χ1) is 12.1. The second kappa shape index (κ2) is 13.5. The van der Waals surface area contributed by atoms with E-state index in [9.17, 15) is 4.79 Å². The van der Waals surface area contributed by atoms with E-state index in [0.717, 1.165) is 51.2 Å². The SMILES string of the molecule is CN(CCCCCN(CCS)C(CCS)C(N)=O)Cc1ccccc1. The first-order valence-electron chi connectivity index (χ1n) is 9.06. The van der Waals surface area contributed by atoms with Crippen LogP contribution in [0.5, 0.6) is 0 Å². The average molecular weight is 384 g/mol. The third kappa shape index (κ3) is 9.54. The molecule has 0 bridgehead atoms. The number of carbonyl (C=O) groups is 1. The van der Waals surface area contributed by atoms with Crippen molar-refractivity contribution < 1.29 is 4.79 Å². The van der Waals surface area contributed by atoms with Gasteiger partial charge in [0, 0.05) is 18.8 Å². The summed E-state index contributed by atoms with van der Waals surface area (Å²) in [7, 11) is 2.16. The van der Waals surface area contributed by atoms with Gasteiger partial charge in [-0.1, -0.05) is 36.8 Å². The normalized spacial score (nSPS) is 12.7. The van der Waals surface area contributed by atoms with E-state index >= 15 is 0 Å². The molecule has 0 saturated heterocycles. The van der Waals surface area contributed by atoms with Crippen molar-refractivity contribution in [3.63, 3.8) is 0 Å².